The molecule has 0 heterocycles. The van der Waals surface area contributed by atoms with Crippen LogP contribution in [0.15, 0.2) is 36.5 Å². The molecule has 0 spiro atoms. The summed E-state index contributed by atoms with van der Waals surface area (Å²) in [7, 11) is 5.52. The molecule has 0 aliphatic carbocycles. The number of carbonyl (C=O) groups is 3. The Morgan fingerprint density at radius 1 is 0.574 bits per heavy atom. The predicted octanol–water partition coefficient (Wildman–Crippen LogP) is 11.9. The quantitative estimate of drug-likeness (QED) is 0.0288. The normalized spacial score (nSPS) is 13.3. The molecule has 0 bridgehead atoms. The lowest BCUT2D eigenvalue weighted by Gasteiger charge is -2.31. The first kappa shape index (κ1) is 51.5. The van der Waals surface area contributed by atoms with Crippen molar-refractivity contribution in [1.82, 2.24) is 0 Å². The fraction of sp³-hybridized carbons (Fsp3) is 0.804. The van der Waals surface area contributed by atoms with Gasteiger partial charge in [0.05, 0.1) is 34.4 Å². The summed E-state index contributed by atoms with van der Waals surface area (Å²) in [4.78, 5) is 36.9. The molecule has 54 heavy (non-hydrogen) atoms. The summed E-state index contributed by atoms with van der Waals surface area (Å²) in [6.07, 6.45) is 41.8. The van der Waals surface area contributed by atoms with Crippen LogP contribution in [0.5, 0.6) is 0 Å². The molecule has 0 rings (SSSR count). The number of carboxylic acids is 1. The van der Waals surface area contributed by atoms with Gasteiger partial charge in [0.15, 0.2) is 12.1 Å². The van der Waals surface area contributed by atoms with E-state index in [0.29, 0.717) is 19.3 Å². The van der Waals surface area contributed by atoms with E-state index in [0.717, 1.165) is 70.6 Å². The highest BCUT2D eigenvalue weighted by molar-refractivity contribution is 5.72. The van der Waals surface area contributed by atoms with Crippen LogP contribution in [0.25, 0.3) is 0 Å². The average Bonchev–Trinajstić information content (AvgIpc) is 3.12. The number of allylic oxidation sites excluding steroid dienone is 6. The Hall–Kier alpha value is -2.45. The zero-order valence-electron chi connectivity index (χ0n) is 35.7. The highest BCUT2D eigenvalue weighted by Gasteiger charge is 2.31. The molecular formula is C46H84NO7+. The molecule has 0 aliphatic rings. The standard InChI is InChI=1S/C46H83NO7/c1-6-8-10-12-14-16-18-20-22-23-25-27-29-31-33-35-37-45(49)54-42(40-52-39-38-43(46(50)51)47(3,4)5)41-53-44(48)36-34-32-30-28-26-24-21-19-17-15-13-11-9-7-2/h9,11,15,17,22-23,42-43H,6-8,10,12-14,16,18-21,24-41H2,1-5H3/p+1/b11-9+,17-15+,23-22+. The summed E-state index contributed by atoms with van der Waals surface area (Å²) in [6, 6.07) is -0.616. The van der Waals surface area contributed by atoms with Crippen LogP contribution in [0.1, 0.15) is 187 Å². The van der Waals surface area contributed by atoms with Gasteiger partial charge in [-0.2, -0.15) is 0 Å². The molecular weight excluding hydrogens is 679 g/mol. The van der Waals surface area contributed by atoms with Gasteiger partial charge < -0.3 is 23.8 Å². The highest BCUT2D eigenvalue weighted by Crippen LogP contribution is 2.14. The second-order valence-corrected chi connectivity index (χ2v) is 15.9. The van der Waals surface area contributed by atoms with Gasteiger partial charge in [-0.3, -0.25) is 9.59 Å². The predicted molar refractivity (Wildman–Crippen MR) is 225 cm³/mol. The number of quaternary nitrogens is 1. The fourth-order valence-electron chi connectivity index (χ4n) is 6.36. The number of aliphatic carboxylic acids is 1. The molecule has 0 fully saturated rings. The van der Waals surface area contributed by atoms with Gasteiger partial charge in [0.2, 0.25) is 0 Å². The van der Waals surface area contributed by atoms with Gasteiger partial charge in [0.25, 0.3) is 0 Å². The zero-order chi connectivity index (χ0) is 40.0. The zero-order valence-corrected chi connectivity index (χ0v) is 35.7. The van der Waals surface area contributed by atoms with E-state index in [2.05, 4.69) is 50.3 Å². The molecule has 314 valence electrons. The average molecular weight is 763 g/mol. The molecule has 0 amide bonds. The van der Waals surface area contributed by atoms with Gasteiger partial charge in [-0.15, -0.1) is 0 Å². The van der Waals surface area contributed by atoms with Crippen LogP contribution in [-0.2, 0) is 28.6 Å². The SMILES string of the molecule is CC/C=C/C/C=C/CCCCCCCCCC(=O)OCC(COCCC(C(=O)O)[N+](C)(C)C)OC(=O)CCCCCCC/C=C/CCCCCCCCC. The highest BCUT2D eigenvalue weighted by atomic mass is 16.6. The molecule has 8 heteroatoms. The Bertz CT molecular complexity index is 984. The number of carbonyl (C=O) groups excluding carboxylic acids is 2. The van der Waals surface area contributed by atoms with Crippen molar-refractivity contribution in [1.29, 1.82) is 0 Å². The fourth-order valence-corrected chi connectivity index (χ4v) is 6.36. The van der Waals surface area contributed by atoms with Gasteiger partial charge in [-0.25, -0.2) is 4.79 Å². The van der Waals surface area contributed by atoms with Crippen molar-refractivity contribution in [3.8, 4) is 0 Å². The smallest absolute Gasteiger partial charge is 0.362 e. The lowest BCUT2D eigenvalue weighted by molar-refractivity contribution is -0.887. The summed E-state index contributed by atoms with van der Waals surface area (Å²) in [5.41, 5.74) is 0. The van der Waals surface area contributed by atoms with Crippen molar-refractivity contribution in [2.24, 2.45) is 0 Å². The van der Waals surface area contributed by atoms with Crippen molar-refractivity contribution in [3.63, 3.8) is 0 Å². The van der Waals surface area contributed by atoms with Crippen LogP contribution in [0.3, 0.4) is 0 Å². The van der Waals surface area contributed by atoms with E-state index in [-0.39, 0.29) is 36.2 Å². The van der Waals surface area contributed by atoms with Crippen LogP contribution in [0, 0.1) is 0 Å². The third kappa shape index (κ3) is 35.3. The first-order valence-corrected chi connectivity index (χ1v) is 22.0. The van der Waals surface area contributed by atoms with E-state index in [9.17, 15) is 19.5 Å². The second kappa shape index (κ2) is 37.5. The van der Waals surface area contributed by atoms with E-state index in [1.165, 1.54) is 83.5 Å². The maximum absolute atomic E-state index is 12.7. The summed E-state index contributed by atoms with van der Waals surface area (Å²) in [5, 5.41) is 9.61. The summed E-state index contributed by atoms with van der Waals surface area (Å²) >= 11 is 0. The van der Waals surface area contributed by atoms with Crippen LogP contribution in [-0.4, -0.2) is 80.6 Å². The molecule has 0 aliphatic heterocycles. The van der Waals surface area contributed by atoms with Crippen LogP contribution < -0.4 is 0 Å². The van der Waals surface area contributed by atoms with Gasteiger partial charge in [-0.05, 0) is 64.2 Å². The van der Waals surface area contributed by atoms with Crippen molar-refractivity contribution >= 4 is 17.9 Å². The third-order valence-electron chi connectivity index (χ3n) is 9.77. The largest absolute Gasteiger partial charge is 0.477 e. The Morgan fingerprint density at radius 2 is 1.04 bits per heavy atom. The van der Waals surface area contributed by atoms with Crippen LogP contribution in [0.2, 0.25) is 0 Å². The molecule has 2 unspecified atom stereocenters. The number of unbranched alkanes of at least 4 members (excludes halogenated alkanes) is 19. The minimum absolute atomic E-state index is 0.0562. The van der Waals surface area contributed by atoms with E-state index < -0.39 is 18.1 Å². The number of carboxylic acid groups (broad SMARTS) is 1. The molecule has 0 aromatic carbocycles. The lowest BCUT2D eigenvalue weighted by atomic mass is 10.1. The van der Waals surface area contributed by atoms with E-state index in [4.69, 9.17) is 14.2 Å². The Kier molecular flexibility index (Phi) is 35.8. The van der Waals surface area contributed by atoms with Gasteiger partial charge in [0.1, 0.15) is 6.61 Å². The monoisotopic (exact) mass is 763 g/mol. The summed E-state index contributed by atoms with van der Waals surface area (Å²) in [6.45, 7) is 4.61. The molecule has 0 aromatic rings. The number of ether oxygens (including phenoxy) is 3. The number of hydrogen-bond acceptors (Lipinski definition) is 6. The second-order valence-electron chi connectivity index (χ2n) is 15.9. The van der Waals surface area contributed by atoms with E-state index >= 15 is 0 Å². The number of nitrogens with zero attached hydrogens (tertiary/aromatic N) is 1. The number of hydrogen-bond donors (Lipinski definition) is 1. The van der Waals surface area contributed by atoms with Gasteiger partial charge >= 0.3 is 17.9 Å². The molecule has 2 atom stereocenters. The topological polar surface area (TPSA) is 99.1 Å². The first-order chi connectivity index (χ1) is 26.1. The third-order valence-corrected chi connectivity index (χ3v) is 9.77. The minimum atomic E-state index is -0.878. The molecule has 0 radical (unpaired) electrons. The molecule has 0 aromatic heterocycles. The van der Waals surface area contributed by atoms with Crippen molar-refractivity contribution in [3.05, 3.63) is 36.5 Å². The number of likely N-dealkylation sites (N-methyl/N-ethyl adjacent to an activating group) is 1. The maximum Gasteiger partial charge on any atom is 0.362 e. The number of rotatable bonds is 39. The van der Waals surface area contributed by atoms with Crippen LogP contribution >= 0.6 is 0 Å². The molecule has 0 saturated heterocycles. The Morgan fingerprint density at radius 3 is 1.54 bits per heavy atom. The van der Waals surface area contributed by atoms with Crippen molar-refractivity contribution in [2.45, 2.75) is 199 Å². The Balaban J connectivity index is 4.36. The van der Waals surface area contributed by atoms with Crippen LogP contribution in [0.4, 0.5) is 0 Å². The summed E-state index contributed by atoms with van der Waals surface area (Å²) < 4.78 is 17.3. The number of esters is 2. The minimum Gasteiger partial charge on any atom is -0.477 e. The molecule has 8 nitrogen and oxygen atoms in total. The lowest BCUT2D eigenvalue weighted by Crippen LogP contribution is -2.50. The maximum atomic E-state index is 12.7. The molecule has 0 saturated carbocycles. The van der Waals surface area contributed by atoms with E-state index in [1.54, 1.807) is 0 Å². The van der Waals surface area contributed by atoms with Crippen molar-refractivity contribution in [2.75, 3.05) is 41.0 Å². The van der Waals surface area contributed by atoms with Gasteiger partial charge in [0, 0.05) is 19.3 Å². The van der Waals surface area contributed by atoms with Crippen molar-refractivity contribution < 1.29 is 38.2 Å². The molecule has 1 N–H and O–H groups in total. The van der Waals surface area contributed by atoms with Gasteiger partial charge in [-0.1, -0.05) is 140 Å². The summed E-state index contributed by atoms with van der Waals surface area (Å²) in [5.74, 6) is -1.49. The Labute approximate surface area is 332 Å². The van der Waals surface area contributed by atoms with E-state index in [1.807, 2.05) is 21.1 Å². The first-order valence-electron chi connectivity index (χ1n) is 22.0.